The van der Waals surface area contributed by atoms with Crippen LogP contribution in [-0.4, -0.2) is 0 Å². The van der Waals surface area contributed by atoms with Crippen LogP contribution < -0.4 is 0 Å². The number of hydrogen-bond donors (Lipinski definition) is 0. The van der Waals surface area contributed by atoms with Gasteiger partial charge in [-0.25, -0.2) is 4.39 Å². The molecule has 0 radical (unpaired) electrons. The van der Waals surface area contributed by atoms with Crippen molar-refractivity contribution in [2.45, 2.75) is 58.3 Å². The van der Waals surface area contributed by atoms with E-state index in [1.165, 1.54) is 16.7 Å². The van der Waals surface area contributed by atoms with Gasteiger partial charge < -0.3 is 0 Å². The highest BCUT2D eigenvalue weighted by atomic mass is 19.1. The van der Waals surface area contributed by atoms with Crippen molar-refractivity contribution in [3.63, 3.8) is 0 Å². The Kier molecular flexibility index (Phi) is 2.31. The minimum absolute atomic E-state index is 0.157. The first-order valence-electron chi connectivity index (χ1n) is 6.55. The molecule has 0 amide bonds. The highest BCUT2D eigenvalue weighted by Crippen LogP contribution is 2.40. The first-order valence-corrected chi connectivity index (χ1v) is 6.55. The molecule has 0 bridgehead atoms. The molecule has 0 spiro atoms. The maximum absolute atomic E-state index is 14.3. The molecule has 0 aromatic heterocycles. The van der Waals surface area contributed by atoms with Crippen molar-refractivity contribution in [2.75, 3.05) is 0 Å². The van der Waals surface area contributed by atoms with Crippen molar-refractivity contribution >= 4 is 0 Å². The second-order valence-corrected chi connectivity index (χ2v) is 5.50. The zero-order valence-electron chi connectivity index (χ0n) is 10.2. The van der Waals surface area contributed by atoms with Crippen LogP contribution in [0.4, 0.5) is 4.39 Å². The van der Waals surface area contributed by atoms with Gasteiger partial charge in [0.1, 0.15) is 5.82 Å². The molecule has 0 saturated heterocycles. The van der Waals surface area contributed by atoms with Crippen molar-refractivity contribution in [3.05, 3.63) is 33.6 Å². The highest BCUT2D eigenvalue weighted by molar-refractivity contribution is 5.52. The van der Waals surface area contributed by atoms with E-state index in [-0.39, 0.29) is 5.82 Å². The van der Waals surface area contributed by atoms with Crippen LogP contribution in [-0.2, 0) is 25.7 Å². The molecule has 0 N–H and O–H groups in total. The summed E-state index contributed by atoms with van der Waals surface area (Å²) in [5.74, 6) is 0.712. The smallest absolute Gasteiger partial charge is 0.130 e. The molecular weight excluding hydrogens is 199 g/mol. The Morgan fingerprint density at radius 2 is 1.25 bits per heavy atom. The summed E-state index contributed by atoms with van der Waals surface area (Å²) in [5, 5.41) is 0. The summed E-state index contributed by atoms with van der Waals surface area (Å²) in [6.07, 6.45) is 6.44. The quantitative estimate of drug-likeness (QED) is 0.670. The number of halogens is 1. The summed E-state index contributed by atoms with van der Waals surface area (Å²) in [6.45, 7) is 4.51. The van der Waals surface area contributed by atoms with E-state index in [0.717, 1.165) is 49.7 Å². The van der Waals surface area contributed by atoms with Gasteiger partial charge in [0, 0.05) is 0 Å². The van der Waals surface area contributed by atoms with E-state index < -0.39 is 0 Å². The fourth-order valence-corrected chi connectivity index (χ4v) is 3.63. The Bertz CT molecular complexity index is 408. The number of hydrogen-bond acceptors (Lipinski definition) is 0. The molecule has 1 aromatic rings. The summed E-state index contributed by atoms with van der Waals surface area (Å²) in [4.78, 5) is 0. The molecule has 2 aliphatic carbocycles. The van der Waals surface area contributed by atoms with Crippen LogP contribution in [0.3, 0.4) is 0 Å². The molecule has 0 fully saturated rings. The first kappa shape index (κ1) is 10.3. The third-order valence-electron chi connectivity index (χ3n) is 4.19. The average Bonchev–Trinajstić information content (AvgIpc) is 2.84. The van der Waals surface area contributed by atoms with Gasteiger partial charge in [0.15, 0.2) is 0 Å². The molecule has 3 rings (SSSR count). The zero-order chi connectivity index (χ0) is 11.3. The molecule has 86 valence electrons. The van der Waals surface area contributed by atoms with Crippen molar-refractivity contribution < 1.29 is 4.39 Å². The van der Waals surface area contributed by atoms with Crippen LogP contribution in [0.2, 0.25) is 0 Å². The normalized spacial score (nSPS) is 18.0. The van der Waals surface area contributed by atoms with E-state index in [0.29, 0.717) is 5.92 Å². The second kappa shape index (κ2) is 3.58. The van der Waals surface area contributed by atoms with Gasteiger partial charge in [-0.3, -0.25) is 0 Å². The third-order valence-corrected chi connectivity index (χ3v) is 4.19. The van der Waals surface area contributed by atoms with E-state index in [1.807, 2.05) is 0 Å². The van der Waals surface area contributed by atoms with E-state index in [9.17, 15) is 4.39 Å². The van der Waals surface area contributed by atoms with E-state index >= 15 is 0 Å². The van der Waals surface area contributed by atoms with E-state index in [4.69, 9.17) is 0 Å². The van der Waals surface area contributed by atoms with Crippen LogP contribution >= 0.6 is 0 Å². The van der Waals surface area contributed by atoms with Crippen LogP contribution in [0.5, 0.6) is 0 Å². The lowest BCUT2D eigenvalue weighted by Gasteiger charge is -2.19. The van der Waals surface area contributed by atoms with Gasteiger partial charge in [-0.2, -0.15) is 0 Å². The Labute approximate surface area is 96.9 Å². The molecule has 0 nitrogen and oxygen atoms in total. The van der Waals surface area contributed by atoms with Crippen LogP contribution in [0.25, 0.3) is 0 Å². The van der Waals surface area contributed by atoms with Gasteiger partial charge >= 0.3 is 0 Å². The number of benzene rings is 1. The summed E-state index contributed by atoms with van der Waals surface area (Å²) < 4.78 is 14.3. The maximum atomic E-state index is 14.3. The van der Waals surface area contributed by atoms with Crippen LogP contribution in [0, 0.1) is 5.82 Å². The molecule has 1 aromatic carbocycles. The lowest BCUT2D eigenvalue weighted by Crippen LogP contribution is -2.06. The van der Waals surface area contributed by atoms with E-state index in [2.05, 4.69) is 13.8 Å². The van der Waals surface area contributed by atoms with Crippen molar-refractivity contribution in [1.82, 2.24) is 0 Å². The Hall–Kier alpha value is -0.850. The Morgan fingerprint density at radius 1 is 0.812 bits per heavy atom. The second-order valence-electron chi connectivity index (χ2n) is 5.50. The summed E-state index contributed by atoms with van der Waals surface area (Å²) >= 11 is 0. The number of fused-ring (bicyclic) bond motifs is 2. The fraction of sp³-hybridized carbons (Fsp3) is 0.600. The van der Waals surface area contributed by atoms with Crippen LogP contribution in [0.1, 0.15) is 60.4 Å². The van der Waals surface area contributed by atoms with Crippen LogP contribution in [0.15, 0.2) is 0 Å². The topological polar surface area (TPSA) is 0 Å². The molecule has 0 aliphatic heterocycles. The molecular formula is C15H19F. The minimum Gasteiger partial charge on any atom is -0.206 e. The SMILES string of the molecule is CC(C)c1c2c(c(F)c3c1CCC3)CCC2. The third kappa shape index (κ3) is 1.27. The number of rotatable bonds is 1. The Morgan fingerprint density at radius 3 is 1.69 bits per heavy atom. The monoisotopic (exact) mass is 218 g/mol. The van der Waals surface area contributed by atoms with Gasteiger partial charge in [-0.15, -0.1) is 0 Å². The van der Waals surface area contributed by atoms with Crippen molar-refractivity contribution in [2.24, 2.45) is 0 Å². The summed E-state index contributed by atoms with van der Waals surface area (Å²) in [6, 6.07) is 0. The molecule has 0 saturated carbocycles. The van der Waals surface area contributed by atoms with Gasteiger partial charge in [-0.1, -0.05) is 13.8 Å². The Balaban J connectivity index is 2.31. The predicted octanol–water partition coefficient (Wildman–Crippen LogP) is 3.93. The molecule has 2 aliphatic rings. The first-order chi connectivity index (χ1) is 7.70. The largest absolute Gasteiger partial charge is 0.206 e. The maximum Gasteiger partial charge on any atom is 0.130 e. The highest BCUT2D eigenvalue weighted by Gasteiger charge is 2.29. The van der Waals surface area contributed by atoms with Gasteiger partial charge in [0.2, 0.25) is 0 Å². The predicted molar refractivity (Wildman–Crippen MR) is 64.5 cm³/mol. The van der Waals surface area contributed by atoms with Gasteiger partial charge in [-0.05, 0) is 72.3 Å². The lowest BCUT2D eigenvalue weighted by molar-refractivity contribution is 0.596. The molecule has 0 atom stereocenters. The fourth-order valence-electron chi connectivity index (χ4n) is 3.63. The molecule has 0 heterocycles. The standard InChI is InChI=1S/C15H19F/c1-9(2)14-10-5-3-7-12(10)15(16)13-8-4-6-11(13)14/h9H,3-8H2,1-2H3. The zero-order valence-corrected chi connectivity index (χ0v) is 10.2. The molecule has 16 heavy (non-hydrogen) atoms. The van der Waals surface area contributed by atoms with Gasteiger partial charge in [0.25, 0.3) is 0 Å². The molecule has 1 heteroatoms. The minimum atomic E-state index is 0.157. The van der Waals surface area contributed by atoms with E-state index in [1.54, 1.807) is 0 Å². The van der Waals surface area contributed by atoms with Crippen molar-refractivity contribution in [1.29, 1.82) is 0 Å². The summed E-state index contributed by atoms with van der Waals surface area (Å²) in [5.41, 5.74) is 6.36. The average molecular weight is 218 g/mol. The summed E-state index contributed by atoms with van der Waals surface area (Å²) in [7, 11) is 0. The van der Waals surface area contributed by atoms with Gasteiger partial charge in [0.05, 0.1) is 0 Å². The molecule has 0 unspecified atom stereocenters. The lowest BCUT2D eigenvalue weighted by atomic mass is 9.87. The van der Waals surface area contributed by atoms with Crippen molar-refractivity contribution in [3.8, 4) is 0 Å².